The van der Waals surface area contributed by atoms with Gasteiger partial charge in [-0.2, -0.15) is 4.58 Å². The number of hydrogen-bond acceptors (Lipinski definition) is 0. The van der Waals surface area contributed by atoms with E-state index < -0.39 is 17.5 Å². The summed E-state index contributed by atoms with van der Waals surface area (Å²) in [7, 11) is 0. The number of aryl methyl sites for hydroxylation is 1. The molecule has 0 N–H and O–H groups in total. The normalized spacial score (nSPS) is 27.0. The molecule has 4 rings (SSSR count). The van der Waals surface area contributed by atoms with Crippen molar-refractivity contribution in [3.63, 3.8) is 0 Å². The molecule has 0 spiro atoms. The number of unbranched alkanes of at least 4 members (excludes halogenated alkanes) is 1. The molecule has 2 unspecified atom stereocenters. The van der Waals surface area contributed by atoms with E-state index in [1.807, 2.05) is 6.08 Å². The van der Waals surface area contributed by atoms with Gasteiger partial charge in [-0.1, -0.05) is 52.5 Å². The summed E-state index contributed by atoms with van der Waals surface area (Å²) in [5.74, 6) is 0. The fourth-order valence-corrected chi connectivity index (χ4v) is 5.64. The first-order chi connectivity index (χ1) is 13.0. The van der Waals surface area contributed by atoms with Crippen LogP contribution in [-0.2, 0) is 11.8 Å². The molecular weight excluding hydrogens is 333 g/mol. The molecule has 2 atom stereocenters. The predicted octanol–water partition coefficient (Wildman–Crippen LogP) is 6.24. The zero-order valence-corrected chi connectivity index (χ0v) is 17.2. The third kappa shape index (κ3) is 2.45. The quantitative estimate of drug-likeness (QED) is 0.397. The number of alkyl halides is 1. The summed E-state index contributed by atoms with van der Waals surface area (Å²) in [6.07, 6.45) is 6.80. The van der Waals surface area contributed by atoms with Gasteiger partial charge in [-0.25, -0.2) is 4.39 Å². The van der Waals surface area contributed by atoms with Gasteiger partial charge in [0.2, 0.25) is 5.70 Å². The number of nitrogens with zero attached hydrogens (tertiary/aromatic N) is 1. The molecule has 3 aliphatic rings. The second-order valence-electron chi connectivity index (χ2n) is 8.04. The van der Waals surface area contributed by atoms with Crippen molar-refractivity contribution < 1.29 is 8.97 Å². The van der Waals surface area contributed by atoms with E-state index in [0.29, 0.717) is 13.0 Å². The zero-order chi connectivity index (χ0) is 19.8. The lowest BCUT2D eigenvalue weighted by molar-refractivity contribution is -0.432. The van der Waals surface area contributed by atoms with Crippen molar-refractivity contribution in [1.82, 2.24) is 0 Å². The molecule has 0 saturated carbocycles. The molecule has 1 nitrogen and oxygen atoms in total. The maximum atomic E-state index is 14.9. The molecule has 0 amide bonds. The predicted molar refractivity (Wildman–Crippen MR) is 114 cm³/mol. The lowest BCUT2D eigenvalue weighted by atomic mass is 9.51. The van der Waals surface area contributed by atoms with Crippen molar-refractivity contribution in [2.24, 2.45) is 5.41 Å². The number of benzene rings is 1. The van der Waals surface area contributed by atoms with Crippen molar-refractivity contribution >= 4 is 11.4 Å². The summed E-state index contributed by atoms with van der Waals surface area (Å²) in [6, 6.07) is 6.75. The fraction of sp³-hybridized carbons (Fsp3) is 0.480. The number of halogens is 1. The largest absolute Gasteiger partial charge is 0.250 e. The van der Waals surface area contributed by atoms with Gasteiger partial charge in [-0.15, -0.1) is 0 Å². The van der Waals surface area contributed by atoms with Crippen molar-refractivity contribution in [3.8, 4) is 0 Å². The molecule has 3 aliphatic heterocycles. The van der Waals surface area contributed by atoms with E-state index in [-0.39, 0.29) is 0 Å². The molecule has 1 aromatic rings. The Morgan fingerprint density at radius 1 is 1.19 bits per heavy atom. The Hall–Kier alpha value is -1.96. The number of rotatable bonds is 7. The minimum Gasteiger partial charge on any atom is -0.250 e. The molecule has 2 heteroatoms. The summed E-state index contributed by atoms with van der Waals surface area (Å²) >= 11 is 0. The molecule has 0 saturated heterocycles. The van der Waals surface area contributed by atoms with Crippen LogP contribution in [0.4, 0.5) is 4.39 Å². The Bertz CT molecular complexity index is 825. The van der Waals surface area contributed by atoms with E-state index in [1.165, 1.54) is 24.0 Å². The van der Waals surface area contributed by atoms with Crippen LogP contribution in [0, 0.1) is 5.41 Å². The molecule has 27 heavy (non-hydrogen) atoms. The van der Waals surface area contributed by atoms with Crippen molar-refractivity contribution in [1.29, 1.82) is 0 Å². The van der Waals surface area contributed by atoms with Crippen LogP contribution in [0.1, 0.15) is 63.1 Å². The molecular formula is C25H33FN+. The van der Waals surface area contributed by atoms with E-state index >= 15 is 0 Å². The highest BCUT2D eigenvalue weighted by molar-refractivity contribution is 6.01. The van der Waals surface area contributed by atoms with Gasteiger partial charge in [0.25, 0.3) is 0 Å². The number of hydrogen-bond donors (Lipinski definition) is 0. The summed E-state index contributed by atoms with van der Waals surface area (Å²) in [6.45, 7) is 19.7. The Morgan fingerprint density at radius 2 is 1.93 bits per heavy atom. The smallest absolute Gasteiger partial charge is 0.206 e. The van der Waals surface area contributed by atoms with Crippen molar-refractivity contribution in [2.75, 3.05) is 13.2 Å². The van der Waals surface area contributed by atoms with Gasteiger partial charge >= 0.3 is 0 Å². The third-order valence-corrected chi connectivity index (χ3v) is 7.11. The maximum absolute atomic E-state index is 14.9. The summed E-state index contributed by atoms with van der Waals surface area (Å²) in [5.41, 5.74) is 5.64. The minimum absolute atomic E-state index is 0.418. The van der Waals surface area contributed by atoms with Crippen molar-refractivity contribution in [3.05, 3.63) is 66.3 Å². The van der Waals surface area contributed by atoms with Gasteiger partial charge in [0.15, 0.2) is 12.3 Å². The van der Waals surface area contributed by atoms with Gasteiger partial charge in [-0.05, 0) is 61.1 Å². The lowest BCUT2D eigenvalue weighted by Crippen LogP contribution is -2.57. The van der Waals surface area contributed by atoms with Gasteiger partial charge < -0.3 is 0 Å². The Morgan fingerprint density at radius 3 is 2.48 bits per heavy atom. The Kier molecular flexibility index (Phi) is 5.29. The molecule has 3 heterocycles. The minimum atomic E-state index is -0.641. The first kappa shape index (κ1) is 19.8. The fourth-order valence-electron chi connectivity index (χ4n) is 5.64. The van der Waals surface area contributed by atoms with Crippen LogP contribution in [0.2, 0.25) is 0 Å². The standard InChI is InChI=1S/C25H33FN/c1-7-11-12-20-13-14-22-21(15-20)19(6)27-16-18(5)25(22,10-4)24(9-3,17-26)23(27)8-2/h8,13-15H,2,5-7,9-12,16-17H2,1,3-4H3/q+1. The van der Waals surface area contributed by atoms with E-state index in [2.05, 4.69) is 63.3 Å². The van der Waals surface area contributed by atoms with Crippen LogP contribution in [0.15, 0.2) is 49.6 Å². The SMILES string of the molecule is C=CC1=[N+]2CC(=C)C(CC)(c3ccc(CCCC)cc3C2=C)C1(CC)CF. The van der Waals surface area contributed by atoms with Gasteiger partial charge in [0.05, 0.1) is 5.41 Å². The van der Waals surface area contributed by atoms with Gasteiger partial charge in [-0.3, -0.25) is 0 Å². The second kappa shape index (κ2) is 7.22. The molecule has 2 bridgehead atoms. The Labute approximate surface area is 164 Å². The average Bonchev–Trinajstić information content (AvgIpc) is 2.83. The van der Waals surface area contributed by atoms with Crippen LogP contribution < -0.4 is 0 Å². The second-order valence-corrected chi connectivity index (χ2v) is 8.04. The van der Waals surface area contributed by atoms with Gasteiger partial charge in [0.1, 0.15) is 6.67 Å². The first-order valence-corrected chi connectivity index (χ1v) is 10.3. The van der Waals surface area contributed by atoms with Gasteiger partial charge in [0, 0.05) is 11.0 Å². The third-order valence-electron chi connectivity index (χ3n) is 7.11. The van der Waals surface area contributed by atoms with Crippen LogP contribution >= 0.6 is 0 Å². The molecule has 0 aromatic heterocycles. The monoisotopic (exact) mass is 366 g/mol. The van der Waals surface area contributed by atoms with Crippen LogP contribution in [0.3, 0.4) is 0 Å². The highest BCUT2D eigenvalue weighted by Gasteiger charge is 2.63. The molecule has 144 valence electrons. The van der Waals surface area contributed by atoms with E-state index in [4.69, 9.17) is 0 Å². The van der Waals surface area contributed by atoms with E-state index in [0.717, 1.165) is 35.4 Å². The van der Waals surface area contributed by atoms with Crippen LogP contribution in [0.25, 0.3) is 5.70 Å². The summed E-state index contributed by atoms with van der Waals surface area (Å²) < 4.78 is 17.1. The molecule has 0 radical (unpaired) electrons. The van der Waals surface area contributed by atoms with Crippen molar-refractivity contribution in [2.45, 2.75) is 58.3 Å². The summed E-state index contributed by atoms with van der Waals surface area (Å²) in [5, 5.41) is 0. The highest BCUT2D eigenvalue weighted by atomic mass is 19.1. The lowest BCUT2D eigenvalue weighted by Gasteiger charge is -2.49. The molecule has 1 aromatic carbocycles. The van der Waals surface area contributed by atoms with Crippen LogP contribution in [-0.4, -0.2) is 23.5 Å². The molecule has 0 aliphatic carbocycles. The maximum Gasteiger partial charge on any atom is 0.206 e. The first-order valence-electron chi connectivity index (χ1n) is 10.3. The highest BCUT2D eigenvalue weighted by Crippen LogP contribution is 2.58. The average molecular weight is 367 g/mol. The van der Waals surface area contributed by atoms with Crippen LogP contribution in [0.5, 0.6) is 0 Å². The molecule has 0 fully saturated rings. The Balaban J connectivity index is 2.39. The topological polar surface area (TPSA) is 3.01 Å². The summed E-state index contributed by atoms with van der Waals surface area (Å²) in [4.78, 5) is 0. The zero-order valence-electron chi connectivity index (χ0n) is 17.2. The van der Waals surface area contributed by atoms with E-state index in [1.54, 1.807) is 0 Å². The number of allylic oxidation sites excluding steroid dienone is 1. The van der Waals surface area contributed by atoms with E-state index in [9.17, 15) is 4.39 Å². The number of fused-ring (bicyclic) bond motifs is 2.